The van der Waals surface area contributed by atoms with Crippen LogP contribution in [0.4, 0.5) is 19.0 Å². The summed E-state index contributed by atoms with van der Waals surface area (Å²) < 4.78 is 42.6. The van der Waals surface area contributed by atoms with E-state index in [0.29, 0.717) is 23.6 Å². The number of rotatable bonds is 4. The molecule has 0 saturated carbocycles. The molecule has 0 aliphatic carbocycles. The summed E-state index contributed by atoms with van der Waals surface area (Å²) in [4.78, 5) is 8.60. The predicted octanol–water partition coefficient (Wildman–Crippen LogP) is 5.04. The molecule has 0 bridgehead atoms. The summed E-state index contributed by atoms with van der Waals surface area (Å²) in [6.07, 6.45) is -2.95. The molecule has 0 atom stereocenters. The van der Waals surface area contributed by atoms with Gasteiger partial charge in [-0.2, -0.15) is 22.8 Å². The van der Waals surface area contributed by atoms with Crippen molar-refractivity contribution >= 4 is 11.5 Å². The van der Waals surface area contributed by atoms with Gasteiger partial charge in [-0.3, -0.25) is 4.98 Å². The van der Waals surface area contributed by atoms with Gasteiger partial charge in [0, 0.05) is 18.0 Å². The number of nitrogens with zero attached hydrogens (tertiary/aromatic N) is 4. The fourth-order valence-electron chi connectivity index (χ4n) is 3.13. The Hall–Kier alpha value is -3.42. The van der Waals surface area contributed by atoms with Crippen molar-refractivity contribution in [2.45, 2.75) is 26.6 Å². The molecule has 29 heavy (non-hydrogen) atoms. The quantitative estimate of drug-likeness (QED) is 0.524. The molecule has 0 unspecified atom stereocenters. The summed E-state index contributed by atoms with van der Waals surface area (Å²) in [5.74, 6) is 0.419. The van der Waals surface area contributed by atoms with Gasteiger partial charge in [0.25, 0.3) is 0 Å². The molecule has 0 radical (unpaired) electrons. The Morgan fingerprint density at radius 1 is 1.03 bits per heavy atom. The highest BCUT2D eigenvalue weighted by molar-refractivity contribution is 5.81. The lowest BCUT2D eigenvalue weighted by atomic mass is 10.0. The van der Waals surface area contributed by atoms with E-state index in [1.54, 1.807) is 49.5 Å². The van der Waals surface area contributed by atoms with Crippen molar-refractivity contribution in [3.8, 4) is 11.1 Å². The van der Waals surface area contributed by atoms with Gasteiger partial charge < -0.3 is 5.32 Å². The SMILES string of the molecule is Cc1ccc(-c2c(C(F)(F)F)nn3c(NCc4ccccn4)cc(C)nc23)cc1. The normalized spacial score (nSPS) is 11.8. The number of hydrogen-bond donors (Lipinski definition) is 1. The highest BCUT2D eigenvalue weighted by Crippen LogP contribution is 2.39. The first-order valence-corrected chi connectivity index (χ1v) is 9.01. The van der Waals surface area contributed by atoms with Gasteiger partial charge in [0.1, 0.15) is 5.82 Å². The van der Waals surface area contributed by atoms with Gasteiger partial charge in [0.05, 0.1) is 17.8 Å². The molecule has 5 nitrogen and oxygen atoms in total. The number of benzene rings is 1. The molecule has 0 spiro atoms. The van der Waals surface area contributed by atoms with Crippen molar-refractivity contribution in [2.24, 2.45) is 0 Å². The number of aromatic nitrogens is 4. The molecule has 0 aliphatic heterocycles. The summed E-state index contributed by atoms with van der Waals surface area (Å²) in [7, 11) is 0. The average Bonchev–Trinajstić information content (AvgIpc) is 3.07. The van der Waals surface area contributed by atoms with Gasteiger partial charge in [-0.1, -0.05) is 35.9 Å². The van der Waals surface area contributed by atoms with E-state index in [1.807, 2.05) is 19.1 Å². The number of hydrogen-bond acceptors (Lipinski definition) is 4. The van der Waals surface area contributed by atoms with E-state index >= 15 is 0 Å². The maximum Gasteiger partial charge on any atom is 0.435 e. The van der Waals surface area contributed by atoms with Crippen LogP contribution in [0, 0.1) is 13.8 Å². The van der Waals surface area contributed by atoms with E-state index in [0.717, 1.165) is 11.3 Å². The van der Waals surface area contributed by atoms with Gasteiger partial charge in [-0.05, 0) is 31.5 Å². The Kier molecular flexibility index (Phi) is 4.70. The van der Waals surface area contributed by atoms with Crippen molar-refractivity contribution in [2.75, 3.05) is 5.32 Å². The Balaban J connectivity index is 1.88. The summed E-state index contributed by atoms with van der Waals surface area (Å²) >= 11 is 0. The van der Waals surface area contributed by atoms with Crippen LogP contribution in [-0.2, 0) is 12.7 Å². The third-order valence-corrected chi connectivity index (χ3v) is 4.50. The highest BCUT2D eigenvalue weighted by Gasteiger charge is 2.39. The van der Waals surface area contributed by atoms with E-state index in [4.69, 9.17) is 0 Å². The Bertz CT molecular complexity index is 1150. The van der Waals surface area contributed by atoms with Crippen LogP contribution in [0.3, 0.4) is 0 Å². The van der Waals surface area contributed by atoms with Gasteiger partial charge in [-0.25, -0.2) is 4.98 Å². The summed E-state index contributed by atoms with van der Waals surface area (Å²) in [5, 5.41) is 7.01. The second kappa shape index (κ2) is 7.20. The number of fused-ring (bicyclic) bond motifs is 1. The molecular formula is C21H18F3N5. The largest absolute Gasteiger partial charge is 0.435 e. The summed E-state index contributed by atoms with van der Waals surface area (Å²) in [6, 6.07) is 14.0. The monoisotopic (exact) mass is 397 g/mol. The van der Waals surface area contributed by atoms with Gasteiger partial charge in [0.15, 0.2) is 11.3 Å². The fourth-order valence-corrected chi connectivity index (χ4v) is 3.13. The van der Waals surface area contributed by atoms with Crippen molar-refractivity contribution in [3.05, 3.63) is 77.4 Å². The molecule has 3 aromatic heterocycles. The first kappa shape index (κ1) is 18.9. The second-order valence-electron chi connectivity index (χ2n) is 6.78. The second-order valence-corrected chi connectivity index (χ2v) is 6.78. The maximum atomic E-state index is 13.8. The molecule has 0 saturated heterocycles. The van der Waals surface area contributed by atoms with Crippen LogP contribution in [0.1, 0.15) is 22.6 Å². The van der Waals surface area contributed by atoms with E-state index in [9.17, 15) is 13.2 Å². The van der Waals surface area contributed by atoms with Crippen LogP contribution in [0.25, 0.3) is 16.8 Å². The number of halogens is 3. The third kappa shape index (κ3) is 3.78. The zero-order valence-electron chi connectivity index (χ0n) is 15.8. The fraction of sp³-hybridized carbons (Fsp3) is 0.190. The predicted molar refractivity (Wildman–Crippen MR) is 104 cm³/mol. The maximum absolute atomic E-state index is 13.8. The molecule has 3 heterocycles. The van der Waals surface area contributed by atoms with Crippen molar-refractivity contribution in [1.82, 2.24) is 19.6 Å². The van der Waals surface area contributed by atoms with Crippen molar-refractivity contribution in [1.29, 1.82) is 0 Å². The third-order valence-electron chi connectivity index (χ3n) is 4.50. The minimum absolute atomic E-state index is 0.0258. The Morgan fingerprint density at radius 3 is 2.45 bits per heavy atom. The smallest absolute Gasteiger partial charge is 0.364 e. The zero-order valence-corrected chi connectivity index (χ0v) is 15.8. The van der Waals surface area contributed by atoms with Crippen LogP contribution in [0.2, 0.25) is 0 Å². The molecule has 0 fully saturated rings. The van der Waals surface area contributed by atoms with Crippen LogP contribution >= 0.6 is 0 Å². The molecule has 4 rings (SSSR count). The van der Waals surface area contributed by atoms with Crippen molar-refractivity contribution < 1.29 is 13.2 Å². The standard InChI is InChI=1S/C21H18F3N5/c1-13-6-8-15(9-7-13)18-19(21(22,23)24)28-29-17(11-14(2)27-20(18)29)26-12-16-5-3-4-10-25-16/h3-11,26H,12H2,1-2H3. The molecule has 0 aliphatic rings. The van der Waals surface area contributed by atoms with Gasteiger partial charge in [-0.15, -0.1) is 0 Å². The molecule has 4 aromatic rings. The number of nitrogens with one attached hydrogen (secondary N) is 1. The lowest BCUT2D eigenvalue weighted by Crippen LogP contribution is -2.09. The summed E-state index contributed by atoms with van der Waals surface area (Å²) in [5.41, 5.74) is 1.90. The Labute approximate surface area is 165 Å². The average molecular weight is 397 g/mol. The molecule has 148 valence electrons. The first-order valence-electron chi connectivity index (χ1n) is 9.01. The van der Waals surface area contributed by atoms with E-state index in [-0.39, 0.29) is 11.2 Å². The highest BCUT2D eigenvalue weighted by atomic mass is 19.4. The van der Waals surface area contributed by atoms with Gasteiger partial charge >= 0.3 is 6.18 Å². The van der Waals surface area contributed by atoms with E-state index in [1.165, 1.54) is 4.52 Å². The topological polar surface area (TPSA) is 55.1 Å². The lowest BCUT2D eigenvalue weighted by molar-refractivity contribution is -0.140. The minimum Gasteiger partial charge on any atom is -0.364 e. The minimum atomic E-state index is -4.61. The zero-order chi connectivity index (χ0) is 20.6. The van der Waals surface area contributed by atoms with Crippen LogP contribution in [0.5, 0.6) is 0 Å². The molecule has 8 heteroatoms. The van der Waals surface area contributed by atoms with E-state index < -0.39 is 11.9 Å². The number of alkyl halides is 3. The first-order chi connectivity index (χ1) is 13.8. The molecule has 0 amide bonds. The lowest BCUT2D eigenvalue weighted by Gasteiger charge is -2.09. The van der Waals surface area contributed by atoms with Gasteiger partial charge in [0.2, 0.25) is 0 Å². The van der Waals surface area contributed by atoms with Crippen LogP contribution < -0.4 is 5.32 Å². The van der Waals surface area contributed by atoms with Crippen LogP contribution in [-0.4, -0.2) is 19.6 Å². The van der Waals surface area contributed by atoms with Crippen LogP contribution in [0.15, 0.2) is 54.7 Å². The Morgan fingerprint density at radius 2 is 1.79 bits per heavy atom. The molecular weight excluding hydrogens is 379 g/mol. The van der Waals surface area contributed by atoms with E-state index in [2.05, 4.69) is 20.4 Å². The number of aryl methyl sites for hydroxylation is 2. The summed E-state index contributed by atoms with van der Waals surface area (Å²) in [6.45, 7) is 3.97. The number of pyridine rings is 1. The molecule has 1 aromatic carbocycles. The van der Waals surface area contributed by atoms with Crippen molar-refractivity contribution in [3.63, 3.8) is 0 Å². The molecule has 1 N–H and O–H groups in total. The number of anilines is 1.